The van der Waals surface area contributed by atoms with Crippen LogP contribution in [0.3, 0.4) is 0 Å². The number of ether oxygens (including phenoxy) is 4. The van der Waals surface area contributed by atoms with Crippen LogP contribution in [-0.2, 0) is 28.5 Å². The van der Waals surface area contributed by atoms with Crippen LogP contribution in [0.25, 0.3) is 0 Å². The molecule has 0 aromatic heterocycles. The maximum Gasteiger partial charge on any atom is 0.257 e. The van der Waals surface area contributed by atoms with Crippen LogP contribution in [0.4, 0.5) is 0 Å². The molecule has 2 amide bonds. The molecule has 0 aromatic rings. The Morgan fingerprint density at radius 2 is 1.35 bits per heavy atom. The van der Waals surface area contributed by atoms with E-state index in [4.69, 9.17) is 18.9 Å². The largest absolute Gasteiger partial charge is 0.394 e. The van der Waals surface area contributed by atoms with Gasteiger partial charge in [0.2, 0.25) is 11.8 Å². The third kappa shape index (κ3) is 6.25. The molecular weight excluding hydrogens is 548 g/mol. The van der Waals surface area contributed by atoms with Gasteiger partial charge in [-0.05, 0) is 0 Å². The van der Waals surface area contributed by atoms with Crippen molar-refractivity contribution in [1.82, 2.24) is 10.6 Å². The molecule has 12 N–H and O–H groups in total. The van der Waals surface area contributed by atoms with Crippen molar-refractivity contribution in [3.63, 3.8) is 0 Å². The SMILES string of the molecule is CC(=O)N[C@@H]1[C@H](O[C@]2(NC(C)=O)C[C@](O)([C@@H]3O[C@H](CO)[C@H](O)[C@H](O)[C@H]3O)[C@H](O)[C@@H](CO)O2)O[C@H](CO)[C@@H](O)[C@@H]1O. The monoisotopic (exact) mass is 586 g/mol. The second kappa shape index (κ2) is 12.7. The Labute approximate surface area is 227 Å². The van der Waals surface area contributed by atoms with E-state index in [-0.39, 0.29) is 0 Å². The summed E-state index contributed by atoms with van der Waals surface area (Å²) in [7, 11) is 0. The Morgan fingerprint density at radius 3 is 1.88 bits per heavy atom. The van der Waals surface area contributed by atoms with E-state index < -0.39 is 123 Å². The number of aliphatic hydroxyl groups excluding tert-OH is 9. The Bertz CT molecular complexity index is 897. The average Bonchev–Trinajstić information content (AvgIpc) is 2.88. The third-order valence-corrected chi connectivity index (χ3v) is 7.21. The fourth-order valence-corrected chi connectivity index (χ4v) is 5.27. The highest BCUT2D eigenvalue weighted by molar-refractivity contribution is 5.73. The number of carbonyl (C=O) groups excluding carboxylic acids is 2. The maximum absolute atomic E-state index is 12.3. The van der Waals surface area contributed by atoms with Crippen molar-refractivity contribution in [3.05, 3.63) is 0 Å². The number of nitrogens with one attached hydrogen (secondary N) is 2. The number of aliphatic hydroxyl groups is 10. The lowest BCUT2D eigenvalue weighted by Gasteiger charge is -2.56. The number of rotatable bonds is 8. The summed E-state index contributed by atoms with van der Waals surface area (Å²) in [6.45, 7) is -0.649. The Balaban J connectivity index is 2.07. The molecule has 3 aliphatic rings. The summed E-state index contributed by atoms with van der Waals surface area (Å²) in [5.74, 6) is -4.17. The number of hydrogen-bond acceptors (Lipinski definition) is 16. The minimum Gasteiger partial charge on any atom is -0.394 e. The minimum absolute atomic E-state index is 0.712. The smallest absolute Gasteiger partial charge is 0.257 e. The lowest BCUT2D eigenvalue weighted by Crippen LogP contribution is -2.77. The van der Waals surface area contributed by atoms with Gasteiger partial charge >= 0.3 is 0 Å². The van der Waals surface area contributed by atoms with E-state index in [1.165, 1.54) is 0 Å². The zero-order valence-corrected chi connectivity index (χ0v) is 21.7. The van der Waals surface area contributed by atoms with Crippen molar-refractivity contribution in [2.75, 3.05) is 19.8 Å². The molecule has 232 valence electrons. The molecule has 3 rings (SSSR count). The molecule has 3 heterocycles. The normalized spacial score (nSPS) is 47.9. The first-order chi connectivity index (χ1) is 18.6. The number of carbonyl (C=O) groups is 2. The van der Waals surface area contributed by atoms with E-state index in [0.717, 1.165) is 13.8 Å². The van der Waals surface area contributed by atoms with Crippen LogP contribution in [0.1, 0.15) is 20.3 Å². The summed E-state index contributed by atoms with van der Waals surface area (Å²) in [5.41, 5.74) is -2.76. The molecule has 3 fully saturated rings. The van der Waals surface area contributed by atoms with E-state index in [0.29, 0.717) is 0 Å². The zero-order valence-electron chi connectivity index (χ0n) is 21.7. The van der Waals surface area contributed by atoms with Gasteiger partial charge in [-0.3, -0.25) is 9.59 Å². The van der Waals surface area contributed by atoms with Crippen LogP contribution < -0.4 is 10.6 Å². The maximum atomic E-state index is 12.3. The van der Waals surface area contributed by atoms with Gasteiger partial charge in [-0.15, -0.1) is 0 Å². The topological polar surface area (TPSA) is 297 Å². The summed E-state index contributed by atoms with van der Waals surface area (Å²) < 4.78 is 22.4. The number of amides is 2. The predicted octanol–water partition coefficient (Wildman–Crippen LogP) is -7.55. The fraction of sp³-hybridized carbons (Fsp3) is 0.909. The van der Waals surface area contributed by atoms with E-state index >= 15 is 0 Å². The summed E-state index contributed by atoms with van der Waals surface area (Å²) in [6, 6.07) is -1.55. The van der Waals surface area contributed by atoms with Crippen LogP contribution >= 0.6 is 0 Å². The third-order valence-electron chi connectivity index (χ3n) is 7.21. The summed E-state index contributed by atoms with van der Waals surface area (Å²) >= 11 is 0. The molecule has 18 nitrogen and oxygen atoms in total. The Kier molecular flexibility index (Phi) is 10.5. The van der Waals surface area contributed by atoms with Crippen molar-refractivity contribution in [1.29, 1.82) is 0 Å². The van der Waals surface area contributed by atoms with Crippen LogP contribution in [-0.4, -0.2) is 168 Å². The summed E-state index contributed by atoms with van der Waals surface area (Å²) in [6.07, 6.45) is -21.1. The quantitative estimate of drug-likeness (QED) is 0.118. The molecule has 0 saturated carbocycles. The highest BCUT2D eigenvalue weighted by atomic mass is 16.8. The molecule has 0 radical (unpaired) electrons. The second-order valence-electron chi connectivity index (χ2n) is 10.2. The van der Waals surface area contributed by atoms with Crippen LogP contribution in [0, 0.1) is 0 Å². The lowest BCUT2D eigenvalue weighted by atomic mass is 9.75. The van der Waals surface area contributed by atoms with E-state index in [9.17, 15) is 60.7 Å². The molecule has 3 aliphatic heterocycles. The van der Waals surface area contributed by atoms with Gasteiger partial charge in [0.05, 0.1) is 26.2 Å². The van der Waals surface area contributed by atoms with Crippen molar-refractivity contribution < 1.29 is 79.6 Å². The van der Waals surface area contributed by atoms with E-state index in [1.807, 2.05) is 0 Å². The molecule has 0 unspecified atom stereocenters. The molecule has 14 atom stereocenters. The van der Waals surface area contributed by atoms with Crippen molar-refractivity contribution >= 4 is 11.8 Å². The predicted molar refractivity (Wildman–Crippen MR) is 124 cm³/mol. The highest BCUT2D eigenvalue weighted by Crippen LogP contribution is 2.43. The first-order valence-corrected chi connectivity index (χ1v) is 12.5. The fourth-order valence-electron chi connectivity index (χ4n) is 5.27. The van der Waals surface area contributed by atoms with Crippen LogP contribution in [0.2, 0.25) is 0 Å². The molecule has 0 spiro atoms. The molecule has 18 heteroatoms. The van der Waals surface area contributed by atoms with Crippen molar-refractivity contribution in [2.45, 2.75) is 105 Å². The second-order valence-corrected chi connectivity index (χ2v) is 10.2. The van der Waals surface area contributed by atoms with Gasteiger partial charge in [0.15, 0.2) is 6.29 Å². The number of hydrogen-bond donors (Lipinski definition) is 12. The Morgan fingerprint density at radius 1 is 0.800 bits per heavy atom. The van der Waals surface area contributed by atoms with Crippen LogP contribution in [0.5, 0.6) is 0 Å². The average molecular weight is 587 g/mol. The van der Waals surface area contributed by atoms with Gasteiger partial charge in [-0.25, -0.2) is 0 Å². The molecular formula is C22H38N2O16. The van der Waals surface area contributed by atoms with Gasteiger partial charge in [0, 0.05) is 13.8 Å². The van der Waals surface area contributed by atoms with E-state index in [1.54, 1.807) is 0 Å². The standard InChI is InChI=1S/C22H38N2O16/c1-7(28)23-12-15(32)13(30)10(4-26)38-20(12)40-22(24-8(2)29)6-21(36,18(35)11(5-27)39-22)19-17(34)16(33)14(31)9(3-25)37-19/h9-20,25-27,30-36H,3-6H2,1-2H3,(H,23,28)(H,24,29)/t9-,10-,11-,12+,13-,14+,15-,16+,17-,18-,19-,20+,21-,22+/m1/s1. The van der Waals surface area contributed by atoms with Gasteiger partial charge in [-0.2, -0.15) is 0 Å². The van der Waals surface area contributed by atoms with Gasteiger partial charge in [0.25, 0.3) is 5.91 Å². The van der Waals surface area contributed by atoms with E-state index in [2.05, 4.69) is 10.6 Å². The summed E-state index contributed by atoms with van der Waals surface area (Å²) in [4.78, 5) is 24.1. The van der Waals surface area contributed by atoms with Gasteiger partial charge in [0.1, 0.15) is 72.7 Å². The molecule has 0 aliphatic carbocycles. The molecule has 40 heavy (non-hydrogen) atoms. The lowest BCUT2D eigenvalue weighted by molar-refractivity contribution is -0.417. The Hall–Kier alpha value is -1.62. The molecule has 0 aromatic carbocycles. The molecule has 0 bridgehead atoms. The van der Waals surface area contributed by atoms with Crippen LogP contribution in [0.15, 0.2) is 0 Å². The first kappa shape index (κ1) is 32.9. The summed E-state index contributed by atoms with van der Waals surface area (Å²) in [5, 5.41) is 108. The zero-order chi connectivity index (χ0) is 30.2. The minimum atomic E-state index is -2.76. The van der Waals surface area contributed by atoms with Crippen molar-refractivity contribution in [2.24, 2.45) is 0 Å². The highest BCUT2D eigenvalue weighted by Gasteiger charge is 2.65. The molecule has 3 saturated heterocycles. The van der Waals surface area contributed by atoms with Gasteiger partial charge < -0.3 is 80.6 Å². The van der Waals surface area contributed by atoms with Gasteiger partial charge in [-0.1, -0.05) is 0 Å². The van der Waals surface area contributed by atoms with Crippen molar-refractivity contribution in [3.8, 4) is 0 Å². The first-order valence-electron chi connectivity index (χ1n) is 12.5.